The van der Waals surface area contributed by atoms with Crippen LogP contribution < -0.4 is 9.47 Å². The van der Waals surface area contributed by atoms with Crippen LogP contribution in [0.5, 0.6) is 11.5 Å². The number of carbonyl (C=O) groups excluding carboxylic acids is 3. The van der Waals surface area contributed by atoms with E-state index in [1.807, 2.05) is 18.2 Å². The second kappa shape index (κ2) is 7.63. The van der Waals surface area contributed by atoms with Gasteiger partial charge in [0.2, 0.25) is 5.91 Å². The van der Waals surface area contributed by atoms with Gasteiger partial charge in [-0.3, -0.25) is 29.4 Å². The summed E-state index contributed by atoms with van der Waals surface area (Å²) in [4.78, 5) is 51.7. The number of amides is 3. The Morgan fingerprint density at radius 2 is 1.88 bits per heavy atom. The molecule has 164 valence electrons. The highest BCUT2D eigenvalue weighted by atomic mass is 16.6. The summed E-state index contributed by atoms with van der Waals surface area (Å²) in [6, 6.07) is 9.22. The van der Waals surface area contributed by atoms with E-state index >= 15 is 0 Å². The molecule has 0 aliphatic carbocycles. The van der Waals surface area contributed by atoms with Gasteiger partial charge in [-0.1, -0.05) is 12.1 Å². The summed E-state index contributed by atoms with van der Waals surface area (Å²) in [5, 5.41) is 11.3. The molecule has 0 aromatic heterocycles. The van der Waals surface area contributed by atoms with E-state index < -0.39 is 29.0 Å². The first-order chi connectivity index (χ1) is 15.5. The van der Waals surface area contributed by atoms with Crippen LogP contribution in [0.3, 0.4) is 0 Å². The number of likely N-dealkylation sites (tertiary alicyclic amines) is 1. The van der Waals surface area contributed by atoms with Crippen molar-refractivity contribution < 1.29 is 28.8 Å². The molecule has 2 aromatic rings. The summed E-state index contributed by atoms with van der Waals surface area (Å²) < 4.78 is 11.2. The van der Waals surface area contributed by atoms with Gasteiger partial charge in [-0.2, -0.15) is 0 Å². The second-order valence-electron chi connectivity index (χ2n) is 7.80. The van der Waals surface area contributed by atoms with Gasteiger partial charge in [0.25, 0.3) is 17.5 Å². The molecule has 3 aliphatic heterocycles. The third kappa shape index (κ3) is 3.15. The number of nitro groups is 1. The van der Waals surface area contributed by atoms with E-state index in [2.05, 4.69) is 0 Å². The zero-order valence-corrected chi connectivity index (χ0v) is 17.0. The second-order valence-corrected chi connectivity index (χ2v) is 7.80. The summed E-state index contributed by atoms with van der Waals surface area (Å²) >= 11 is 0. The van der Waals surface area contributed by atoms with Gasteiger partial charge in [0.05, 0.1) is 16.5 Å². The standard InChI is InChI=1S/C22H19N3O7/c26-19(12-24-21(27)14-3-1-4-16(25(29)30)20(14)22(24)28)23-8-2-5-15(23)13-6-7-17-18(11-13)32-10-9-31-17/h1,3-4,6-7,11,15H,2,5,8-10,12H2. The van der Waals surface area contributed by atoms with Crippen molar-refractivity contribution in [3.63, 3.8) is 0 Å². The molecule has 0 radical (unpaired) electrons. The summed E-state index contributed by atoms with van der Waals surface area (Å²) in [7, 11) is 0. The molecule has 0 N–H and O–H groups in total. The van der Waals surface area contributed by atoms with Crippen molar-refractivity contribution in [2.45, 2.75) is 18.9 Å². The molecule has 10 nitrogen and oxygen atoms in total. The van der Waals surface area contributed by atoms with Gasteiger partial charge in [-0.05, 0) is 36.6 Å². The minimum absolute atomic E-state index is 0.0539. The van der Waals surface area contributed by atoms with Crippen LogP contribution >= 0.6 is 0 Å². The Hall–Kier alpha value is -3.95. The van der Waals surface area contributed by atoms with Crippen molar-refractivity contribution in [1.29, 1.82) is 0 Å². The molecule has 1 atom stereocenters. The lowest BCUT2D eigenvalue weighted by Crippen LogP contribution is -2.42. The largest absolute Gasteiger partial charge is 0.486 e. The van der Waals surface area contributed by atoms with Crippen LogP contribution in [-0.4, -0.2) is 58.7 Å². The predicted molar refractivity (Wildman–Crippen MR) is 110 cm³/mol. The smallest absolute Gasteiger partial charge is 0.282 e. The topological polar surface area (TPSA) is 119 Å². The highest BCUT2D eigenvalue weighted by Gasteiger charge is 2.43. The zero-order chi connectivity index (χ0) is 22.4. The van der Waals surface area contributed by atoms with Crippen molar-refractivity contribution in [2.24, 2.45) is 0 Å². The SMILES string of the molecule is O=C1c2cccc([N+](=O)[O-])c2C(=O)N1CC(=O)N1CCCC1c1ccc2c(c1)OCCO2. The average molecular weight is 437 g/mol. The predicted octanol–water partition coefficient (Wildman–Crippen LogP) is 2.33. The van der Waals surface area contributed by atoms with Gasteiger partial charge in [-0.15, -0.1) is 0 Å². The van der Waals surface area contributed by atoms with Crippen LogP contribution in [0, 0.1) is 10.1 Å². The maximum atomic E-state index is 13.1. The summed E-state index contributed by atoms with van der Waals surface area (Å²) in [5.74, 6) is -0.624. The maximum absolute atomic E-state index is 13.1. The van der Waals surface area contributed by atoms with Crippen LogP contribution in [0.1, 0.15) is 45.2 Å². The first-order valence-electron chi connectivity index (χ1n) is 10.3. The normalized spacial score (nSPS) is 19.3. The molecule has 1 saturated heterocycles. The molecule has 5 rings (SSSR count). The monoisotopic (exact) mass is 437 g/mol. The highest BCUT2D eigenvalue weighted by molar-refractivity contribution is 6.24. The van der Waals surface area contributed by atoms with Gasteiger partial charge < -0.3 is 14.4 Å². The number of nitro benzene ring substituents is 1. The number of fused-ring (bicyclic) bond motifs is 2. The van der Waals surface area contributed by atoms with Crippen LogP contribution in [0.4, 0.5) is 5.69 Å². The number of ether oxygens (including phenoxy) is 2. The maximum Gasteiger partial charge on any atom is 0.282 e. The van der Waals surface area contributed by atoms with E-state index in [0.29, 0.717) is 31.3 Å². The Bertz CT molecular complexity index is 1160. The van der Waals surface area contributed by atoms with Gasteiger partial charge in [0, 0.05) is 12.6 Å². The number of benzene rings is 2. The van der Waals surface area contributed by atoms with Crippen LogP contribution in [0.15, 0.2) is 36.4 Å². The summed E-state index contributed by atoms with van der Waals surface area (Å²) in [6.45, 7) is 0.959. The van der Waals surface area contributed by atoms with Gasteiger partial charge in [0.15, 0.2) is 11.5 Å². The lowest BCUT2D eigenvalue weighted by Gasteiger charge is -2.28. The van der Waals surface area contributed by atoms with Crippen LogP contribution in [-0.2, 0) is 4.79 Å². The van der Waals surface area contributed by atoms with E-state index in [4.69, 9.17) is 9.47 Å². The van der Waals surface area contributed by atoms with Crippen molar-refractivity contribution >= 4 is 23.4 Å². The molecule has 3 amide bonds. The Morgan fingerprint density at radius 1 is 1.09 bits per heavy atom. The third-order valence-corrected chi connectivity index (χ3v) is 5.99. The van der Waals surface area contributed by atoms with E-state index in [9.17, 15) is 24.5 Å². The Morgan fingerprint density at radius 3 is 2.66 bits per heavy atom. The first kappa shape index (κ1) is 20.0. The fourth-order valence-corrected chi connectivity index (χ4v) is 4.52. The Labute approximate surface area is 182 Å². The lowest BCUT2D eigenvalue weighted by atomic mass is 10.0. The molecule has 0 saturated carbocycles. The Kier molecular flexibility index (Phi) is 4.76. The number of hydrogen-bond acceptors (Lipinski definition) is 7. The number of nitrogens with zero attached hydrogens (tertiary/aromatic N) is 3. The molecule has 0 bridgehead atoms. The average Bonchev–Trinajstić information content (AvgIpc) is 3.38. The fraction of sp³-hybridized carbons (Fsp3) is 0.318. The molecular weight excluding hydrogens is 418 g/mol. The van der Waals surface area contributed by atoms with E-state index in [1.165, 1.54) is 18.2 Å². The van der Waals surface area contributed by atoms with Gasteiger partial charge in [0.1, 0.15) is 25.3 Å². The minimum atomic E-state index is -0.819. The van der Waals surface area contributed by atoms with Crippen molar-refractivity contribution in [2.75, 3.05) is 26.3 Å². The molecular formula is C22H19N3O7. The van der Waals surface area contributed by atoms with E-state index in [-0.39, 0.29) is 23.1 Å². The van der Waals surface area contributed by atoms with Gasteiger partial charge in [-0.25, -0.2) is 0 Å². The fourth-order valence-electron chi connectivity index (χ4n) is 4.52. The summed E-state index contributed by atoms with van der Waals surface area (Å²) in [6.07, 6.45) is 1.51. The minimum Gasteiger partial charge on any atom is -0.486 e. The van der Waals surface area contributed by atoms with Crippen molar-refractivity contribution in [3.05, 3.63) is 63.2 Å². The molecule has 32 heavy (non-hydrogen) atoms. The number of hydrogen-bond donors (Lipinski definition) is 0. The van der Waals surface area contributed by atoms with Gasteiger partial charge >= 0.3 is 0 Å². The first-order valence-corrected chi connectivity index (χ1v) is 10.3. The van der Waals surface area contributed by atoms with Crippen LogP contribution in [0.25, 0.3) is 0 Å². The zero-order valence-electron chi connectivity index (χ0n) is 17.0. The number of imide groups is 1. The summed E-state index contributed by atoms with van der Waals surface area (Å²) in [5.41, 5.74) is 0.131. The molecule has 10 heteroatoms. The van der Waals surface area contributed by atoms with E-state index in [1.54, 1.807) is 4.90 Å². The van der Waals surface area contributed by atoms with Crippen LogP contribution in [0.2, 0.25) is 0 Å². The molecule has 0 spiro atoms. The molecule has 1 fully saturated rings. The molecule has 3 aliphatic rings. The molecule has 1 unspecified atom stereocenters. The third-order valence-electron chi connectivity index (χ3n) is 5.99. The Balaban J connectivity index is 1.37. The lowest BCUT2D eigenvalue weighted by molar-refractivity contribution is -0.385. The number of rotatable bonds is 4. The van der Waals surface area contributed by atoms with Crippen molar-refractivity contribution in [1.82, 2.24) is 9.80 Å². The van der Waals surface area contributed by atoms with Crippen molar-refractivity contribution in [3.8, 4) is 11.5 Å². The quantitative estimate of drug-likeness (QED) is 0.409. The highest BCUT2D eigenvalue weighted by Crippen LogP contribution is 2.38. The molecule has 2 aromatic carbocycles. The number of carbonyl (C=O) groups is 3. The van der Waals surface area contributed by atoms with E-state index in [0.717, 1.165) is 23.3 Å². The molecule has 3 heterocycles.